The van der Waals surface area contributed by atoms with Gasteiger partial charge in [0.25, 0.3) is 0 Å². The van der Waals surface area contributed by atoms with Crippen molar-refractivity contribution >= 4 is 15.8 Å². The summed E-state index contributed by atoms with van der Waals surface area (Å²) in [5, 5.41) is 9.14. The summed E-state index contributed by atoms with van der Waals surface area (Å²) in [6.07, 6.45) is -2.73. The minimum Gasteiger partial charge on any atom is -0.493 e. The van der Waals surface area contributed by atoms with Gasteiger partial charge in [-0.1, -0.05) is 0 Å². The molecule has 1 saturated carbocycles. The Labute approximate surface area is 199 Å². The van der Waals surface area contributed by atoms with Crippen LogP contribution in [-0.2, 0) is 27.2 Å². The molecule has 0 unspecified atom stereocenters. The van der Waals surface area contributed by atoms with Gasteiger partial charge in [-0.05, 0) is 91.1 Å². The molecule has 0 aromatic heterocycles. The Kier molecular flexibility index (Phi) is 6.75. The second kappa shape index (κ2) is 9.61. The van der Waals surface area contributed by atoms with Gasteiger partial charge in [-0.3, -0.25) is 4.79 Å². The fourth-order valence-electron chi connectivity index (χ4n) is 3.32. The second-order valence-electron chi connectivity index (χ2n) is 8.24. The maximum absolute atomic E-state index is 13.2. The number of aliphatic carboxylic acids is 1. The Morgan fingerprint density at radius 2 is 1.49 bits per heavy atom. The largest absolute Gasteiger partial charge is 0.493 e. The number of hydrogen-bond acceptors (Lipinski definition) is 5. The first-order valence-corrected chi connectivity index (χ1v) is 12.2. The normalized spacial score (nSPS) is 13.9. The van der Waals surface area contributed by atoms with E-state index in [1.54, 1.807) is 0 Å². The molecule has 0 bridgehead atoms. The number of sulfone groups is 1. The molecule has 1 aliphatic carbocycles. The van der Waals surface area contributed by atoms with Crippen LogP contribution in [0.15, 0.2) is 76.5 Å². The lowest BCUT2D eigenvalue weighted by atomic mass is 10.1. The van der Waals surface area contributed by atoms with Crippen LogP contribution in [0.5, 0.6) is 17.2 Å². The third kappa shape index (κ3) is 6.33. The standard InChI is InChI=1S/C25H21F3O6S/c26-25(27,28)18-3-5-19(6-4-18)34-20-7-9-22(10-8-20)35(31,32)23-12-17(13-24(29)30)11-21(14-23)33-15-16-1-2-16/h3-12,14,16H,1-2,13,15H2,(H,29,30). The molecule has 0 spiro atoms. The number of alkyl halides is 3. The number of carboxylic acids is 1. The average molecular weight is 506 g/mol. The van der Waals surface area contributed by atoms with Crippen molar-refractivity contribution in [3.8, 4) is 17.2 Å². The van der Waals surface area contributed by atoms with Crippen molar-refractivity contribution in [2.45, 2.75) is 35.2 Å². The topological polar surface area (TPSA) is 89.9 Å². The summed E-state index contributed by atoms with van der Waals surface area (Å²) in [5.41, 5.74) is -0.511. The Bertz CT molecular complexity index is 1310. The Hall–Kier alpha value is -3.53. The number of benzene rings is 3. The van der Waals surface area contributed by atoms with Gasteiger partial charge < -0.3 is 14.6 Å². The number of carboxylic acid groups (broad SMARTS) is 1. The van der Waals surface area contributed by atoms with Gasteiger partial charge in [0.05, 0.1) is 28.4 Å². The van der Waals surface area contributed by atoms with Crippen molar-refractivity contribution in [2.24, 2.45) is 5.92 Å². The Morgan fingerprint density at radius 3 is 2.03 bits per heavy atom. The monoisotopic (exact) mass is 506 g/mol. The van der Waals surface area contributed by atoms with Crippen LogP contribution < -0.4 is 9.47 Å². The molecule has 0 saturated heterocycles. The van der Waals surface area contributed by atoms with E-state index >= 15 is 0 Å². The van der Waals surface area contributed by atoms with E-state index in [0.717, 1.165) is 25.0 Å². The quantitative estimate of drug-likeness (QED) is 0.398. The van der Waals surface area contributed by atoms with E-state index in [1.165, 1.54) is 54.6 Å². The molecule has 1 fully saturated rings. The van der Waals surface area contributed by atoms with Crippen LogP contribution in [-0.4, -0.2) is 26.1 Å². The number of halogens is 3. The molecule has 0 radical (unpaired) electrons. The van der Waals surface area contributed by atoms with Gasteiger partial charge in [0.15, 0.2) is 0 Å². The van der Waals surface area contributed by atoms with Crippen molar-refractivity contribution in [3.63, 3.8) is 0 Å². The predicted molar refractivity (Wildman–Crippen MR) is 119 cm³/mol. The molecule has 1 aliphatic rings. The van der Waals surface area contributed by atoms with Crippen molar-refractivity contribution < 1.29 is 41.0 Å². The Balaban J connectivity index is 1.54. The van der Waals surface area contributed by atoms with E-state index in [1.807, 2.05) is 0 Å². The highest BCUT2D eigenvalue weighted by atomic mass is 32.2. The van der Waals surface area contributed by atoms with Gasteiger partial charge in [0.1, 0.15) is 17.2 Å². The van der Waals surface area contributed by atoms with E-state index in [9.17, 15) is 26.4 Å². The van der Waals surface area contributed by atoms with Crippen LogP contribution >= 0.6 is 0 Å². The molecule has 0 atom stereocenters. The summed E-state index contributed by atoms with van der Waals surface area (Å²) in [5.74, 6) is 0.00793. The molecular formula is C25H21F3O6S. The third-order valence-corrected chi connectivity index (χ3v) is 7.09. The maximum atomic E-state index is 13.2. The summed E-state index contributed by atoms with van der Waals surface area (Å²) >= 11 is 0. The molecule has 10 heteroatoms. The molecule has 3 aromatic rings. The predicted octanol–water partition coefficient (Wildman–Crippen LogP) is 5.75. The van der Waals surface area contributed by atoms with E-state index in [2.05, 4.69) is 0 Å². The highest BCUT2D eigenvalue weighted by Crippen LogP contribution is 2.33. The van der Waals surface area contributed by atoms with Crippen molar-refractivity contribution in [3.05, 3.63) is 77.9 Å². The lowest BCUT2D eigenvalue weighted by molar-refractivity contribution is -0.138. The maximum Gasteiger partial charge on any atom is 0.416 e. The number of rotatable bonds is 9. The summed E-state index contributed by atoms with van der Waals surface area (Å²) in [6.45, 7) is 0.437. The highest BCUT2D eigenvalue weighted by molar-refractivity contribution is 7.91. The van der Waals surface area contributed by atoms with E-state index < -0.39 is 27.5 Å². The van der Waals surface area contributed by atoms with Crippen molar-refractivity contribution in [1.29, 1.82) is 0 Å². The smallest absolute Gasteiger partial charge is 0.416 e. The number of ether oxygens (including phenoxy) is 2. The fraction of sp³-hybridized carbons (Fsp3) is 0.240. The zero-order valence-corrected chi connectivity index (χ0v) is 19.1. The summed E-state index contributed by atoms with van der Waals surface area (Å²) in [7, 11) is -4.01. The van der Waals surface area contributed by atoms with Crippen molar-refractivity contribution in [1.82, 2.24) is 0 Å². The van der Waals surface area contributed by atoms with E-state index in [0.29, 0.717) is 18.1 Å². The number of hydrogen-bond donors (Lipinski definition) is 1. The minimum absolute atomic E-state index is 0.0575. The van der Waals surface area contributed by atoms with Gasteiger partial charge >= 0.3 is 12.1 Å². The Morgan fingerprint density at radius 1 is 0.886 bits per heavy atom. The van der Waals surface area contributed by atoms with Gasteiger partial charge in [0.2, 0.25) is 9.84 Å². The first-order valence-electron chi connectivity index (χ1n) is 10.7. The van der Waals surface area contributed by atoms with Crippen molar-refractivity contribution in [2.75, 3.05) is 6.61 Å². The molecule has 3 aromatic carbocycles. The summed E-state index contributed by atoms with van der Waals surface area (Å²) < 4.78 is 75.8. The van der Waals surface area contributed by atoms with Gasteiger partial charge in [-0.2, -0.15) is 13.2 Å². The molecule has 1 N–H and O–H groups in total. The zero-order chi connectivity index (χ0) is 25.2. The summed E-state index contributed by atoms with van der Waals surface area (Å²) in [4.78, 5) is 11.0. The van der Waals surface area contributed by atoms with Crippen LogP contribution in [0, 0.1) is 5.92 Å². The molecule has 35 heavy (non-hydrogen) atoms. The SMILES string of the molecule is O=C(O)Cc1cc(OCC2CC2)cc(S(=O)(=O)c2ccc(Oc3ccc(C(F)(F)F)cc3)cc2)c1. The van der Waals surface area contributed by atoms with Crippen LogP contribution in [0.3, 0.4) is 0 Å². The average Bonchev–Trinajstić information content (AvgIpc) is 3.62. The molecule has 0 heterocycles. The number of carbonyl (C=O) groups is 1. The molecule has 6 nitrogen and oxygen atoms in total. The van der Waals surface area contributed by atoms with Gasteiger partial charge in [-0.25, -0.2) is 8.42 Å². The molecular weight excluding hydrogens is 485 g/mol. The molecule has 4 rings (SSSR count). The lowest BCUT2D eigenvalue weighted by Crippen LogP contribution is -2.07. The first-order chi connectivity index (χ1) is 16.5. The second-order valence-corrected chi connectivity index (χ2v) is 10.2. The third-order valence-electron chi connectivity index (χ3n) is 5.34. The van der Waals surface area contributed by atoms with Crippen LogP contribution in [0.4, 0.5) is 13.2 Å². The lowest BCUT2D eigenvalue weighted by Gasteiger charge is -2.12. The molecule has 0 aliphatic heterocycles. The first kappa shape index (κ1) is 24.6. The fourth-order valence-corrected chi connectivity index (χ4v) is 4.66. The van der Waals surface area contributed by atoms with E-state index in [-0.39, 0.29) is 33.5 Å². The van der Waals surface area contributed by atoms with E-state index in [4.69, 9.17) is 14.6 Å². The molecule has 184 valence electrons. The van der Waals surface area contributed by atoms with Crippen LogP contribution in [0.2, 0.25) is 0 Å². The van der Waals surface area contributed by atoms with Crippen LogP contribution in [0.25, 0.3) is 0 Å². The molecule has 0 amide bonds. The van der Waals surface area contributed by atoms with Gasteiger partial charge in [0, 0.05) is 0 Å². The minimum atomic E-state index is -4.46. The zero-order valence-electron chi connectivity index (χ0n) is 18.3. The highest BCUT2D eigenvalue weighted by Gasteiger charge is 2.30. The van der Waals surface area contributed by atoms with Gasteiger partial charge in [-0.15, -0.1) is 0 Å². The summed E-state index contributed by atoms with van der Waals surface area (Å²) in [6, 6.07) is 13.7. The van der Waals surface area contributed by atoms with Crippen LogP contribution in [0.1, 0.15) is 24.0 Å².